The van der Waals surface area contributed by atoms with E-state index in [-0.39, 0.29) is 18.7 Å². The molecular weight excluding hydrogens is 543 g/mol. The predicted octanol–water partition coefficient (Wildman–Crippen LogP) is 4.56. The molecule has 0 aliphatic rings. The lowest BCUT2D eigenvalue weighted by Gasteiger charge is -2.34. The number of hydrogen-bond donors (Lipinski definition) is 1. The molecule has 1 atom stereocenters. The van der Waals surface area contributed by atoms with Gasteiger partial charge in [-0.1, -0.05) is 60.7 Å². The van der Waals surface area contributed by atoms with E-state index in [9.17, 15) is 31.2 Å². The van der Waals surface area contributed by atoms with Crippen LogP contribution >= 0.6 is 0 Å². The number of halogens is 3. The molecule has 3 rings (SSSR count). The lowest BCUT2D eigenvalue weighted by Crippen LogP contribution is -2.53. The second kappa shape index (κ2) is 13.0. The summed E-state index contributed by atoms with van der Waals surface area (Å²) in [6.45, 7) is 3.08. The van der Waals surface area contributed by atoms with Crippen molar-refractivity contribution < 1.29 is 31.2 Å². The Bertz CT molecular complexity index is 1430. The maximum absolute atomic E-state index is 13.9. The van der Waals surface area contributed by atoms with Crippen molar-refractivity contribution in [3.63, 3.8) is 0 Å². The van der Waals surface area contributed by atoms with Crippen LogP contribution in [0.15, 0.2) is 78.9 Å². The zero-order valence-corrected chi connectivity index (χ0v) is 23.3. The Morgan fingerprint density at radius 1 is 0.950 bits per heavy atom. The number of anilines is 1. The number of nitrogens with zero attached hydrogens (tertiary/aromatic N) is 2. The van der Waals surface area contributed by atoms with E-state index in [4.69, 9.17) is 0 Å². The van der Waals surface area contributed by atoms with Crippen molar-refractivity contribution in [2.75, 3.05) is 23.7 Å². The number of sulfonamides is 1. The monoisotopic (exact) mass is 575 g/mol. The van der Waals surface area contributed by atoms with Crippen molar-refractivity contribution in [3.05, 3.63) is 101 Å². The summed E-state index contributed by atoms with van der Waals surface area (Å²) in [5.41, 5.74) is 1.01. The molecule has 0 saturated heterocycles. The molecule has 0 spiro atoms. The molecule has 1 N–H and O–H groups in total. The standard InChI is InChI=1S/C29H32F3N3O4S/c1-4-33-28(37)26(17-22-12-6-5-7-13-22)34(19-23-14-9-8-11-21(23)2)27(36)20-35(40(3,38)39)25-16-10-15-24(18-25)29(30,31)32/h5-16,18,26H,4,17,19-20H2,1-3H3,(H,33,37). The summed E-state index contributed by atoms with van der Waals surface area (Å²) in [5, 5.41) is 2.75. The minimum absolute atomic E-state index is 0.0136. The Labute approximate surface area is 232 Å². The summed E-state index contributed by atoms with van der Waals surface area (Å²) in [7, 11) is -4.19. The topological polar surface area (TPSA) is 86.8 Å². The summed E-state index contributed by atoms with van der Waals surface area (Å²) in [5.74, 6) is -1.17. The number of nitrogens with one attached hydrogen (secondary N) is 1. The predicted molar refractivity (Wildman–Crippen MR) is 148 cm³/mol. The van der Waals surface area contributed by atoms with Crippen LogP contribution in [0.2, 0.25) is 0 Å². The highest BCUT2D eigenvalue weighted by Gasteiger charge is 2.35. The second-order valence-electron chi connectivity index (χ2n) is 9.37. The van der Waals surface area contributed by atoms with Gasteiger partial charge in [-0.05, 0) is 48.7 Å². The largest absolute Gasteiger partial charge is 0.416 e. The first-order valence-electron chi connectivity index (χ1n) is 12.6. The summed E-state index contributed by atoms with van der Waals surface area (Å²) in [6.07, 6.45) is -3.75. The van der Waals surface area contributed by atoms with Gasteiger partial charge in [0, 0.05) is 19.5 Å². The van der Waals surface area contributed by atoms with Crippen molar-refractivity contribution >= 4 is 27.5 Å². The molecule has 0 bridgehead atoms. The number of rotatable bonds is 11. The Morgan fingerprint density at radius 2 is 1.60 bits per heavy atom. The minimum atomic E-state index is -4.71. The van der Waals surface area contributed by atoms with E-state index >= 15 is 0 Å². The quantitative estimate of drug-likeness (QED) is 0.363. The van der Waals surface area contributed by atoms with Crippen LogP contribution < -0.4 is 9.62 Å². The van der Waals surface area contributed by atoms with E-state index in [1.807, 2.05) is 37.3 Å². The highest BCUT2D eigenvalue weighted by Crippen LogP contribution is 2.32. The first kappa shape index (κ1) is 30.7. The molecule has 0 aliphatic carbocycles. The van der Waals surface area contributed by atoms with Crippen LogP contribution in [0, 0.1) is 6.92 Å². The molecule has 0 fully saturated rings. The molecule has 1 unspecified atom stereocenters. The van der Waals surface area contributed by atoms with E-state index in [1.54, 1.807) is 31.2 Å². The van der Waals surface area contributed by atoms with Crippen LogP contribution in [0.4, 0.5) is 18.9 Å². The van der Waals surface area contributed by atoms with Gasteiger partial charge < -0.3 is 10.2 Å². The van der Waals surface area contributed by atoms with Gasteiger partial charge in [0.15, 0.2) is 0 Å². The summed E-state index contributed by atoms with van der Waals surface area (Å²) in [4.78, 5) is 28.5. The van der Waals surface area contributed by atoms with Gasteiger partial charge in [0.2, 0.25) is 21.8 Å². The number of likely N-dealkylation sites (N-methyl/N-ethyl adjacent to an activating group) is 1. The van der Waals surface area contributed by atoms with Gasteiger partial charge >= 0.3 is 6.18 Å². The highest BCUT2D eigenvalue weighted by molar-refractivity contribution is 7.92. The number of aryl methyl sites for hydroxylation is 1. The summed E-state index contributed by atoms with van der Waals surface area (Å²) in [6, 6.07) is 19.1. The third-order valence-electron chi connectivity index (χ3n) is 6.36. The maximum Gasteiger partial charge on any atom is 0.416 e. The molecule has 0 heterocycles. The summed E-state index contributed by atoms with van der Waals surface area (Å²) >= 11 is 0. The van der Waals surface area contributed by atoms with Crippen LogP contribution in [-0.2, 0) is 38.8 Å². The van der Waals surface area contributed by atoms with Crippen LogP contribution in [0.5, 0.6) is 0 Å². The maximum atomic E-state index is 13.9. The molecule has 0 saturated carbocycles. The Kier molecular flexibility index (Phi) is 9.97. The number of hydrogen-bond acceptors (Lipinski definition) is 4. The highest BCUT2D eigenvalue weighted by atomic mass is 32.2. The fourth-order valence-corrected chi connectivity index (χ4v) is 5.11. The van der Waals surface area contributed by atoms with Gasteiger partial charge in [0.05, 0.1) is 17.5 Å². The van der Waals surface area contributed by atoms with Gasteiger partial charge in [0.25, 0.3) is 0 Å². The average molecular weight is 576 g/mol. The van der Waals surface area contributed by atoms with E-state index in [0.29, 0.717) is 16.9 Å². The van der Waals surface area contributed by atoms with Crippen molar-refractivity contribution in [1.82, 2.24) is 10.2 Å². The Balaban J connectivity index is 2.07. The third kappa shape index (κ3) is 8.08. The smallest absolute Gasteiger partial charge is 0.355 e. The molecule has 0 aromatic heterocycles. The van der Waals surface area contributed by atoms with Crippen LogP contribution in [0.3, 0.4) is 0 Å². The zero-order valence-electron chi connectivity index (χ0n) is 22.5. The molecule has 0 aliphatic heterocycles. The number of amides is 2. The fourth-order valence-electron chi connectivity index (χ4n) is 4.27. The molecule has 3 aromatic carbocycles. The molecule has 214 valence electrons. The number of carbonyl (C=O) groups is 2. The van der Waals surface area contributed by atoms with Gasteiger partial charge in [0.1, 0.15) is 12.6 Å². The fraction of sp³-hybridized carbons (Fsp3) is 0.310. The van der Waals surface area contributed by atoms with E-state index in [2.05, 4.69) is 5.32 Å². The van der Waals surface area contributed by atoms with Crippen LogP contribution in [-0.4, -0.2) is 50.5 Å². The zero-order chi connectivity index (χ0) is 29.5. The lowest BCUT2D eigenvalue weighted by molar-refractivity contribution is -0.140. The SMILES string of the molecule is CCNC(=O)C(Cc1ccccc1)N(Cc1ccccc1C)C(=O)CN(c1cccc(C(F)(F)F)c1)S(C)(=O)=O. The van der Waals surface area contributed by atoms with Gasteiger partial charge in [-0.15, -0.1) is 0 Å². The van der Waals surface area contributed by atoms with Gasteiger partial charge in [-0.2, -0.15) is 13.2 Å². The second-order valence-corrected chi connectivity index (χ2v) is 11.3. The van der Waals surface area contributed by atoms with E-state index < -0.39 is 46.2 Å². The Hall–Kier alpha value is -3.86. The average Bonchev–Trinajstić information content (AvgIpc) is 2.89. The molecule has 40 heavy (non-hydrogen) atoms. The molecule has 3 aromatic rings. The normalized spacial score (nSPS) is 12.4. The summed E-state index contributed by atoms with van der Waals surface area (Å²) < 4.78 is 66.3. The Morgan fingerprint density at radius 3 is 2.20 bits per heavy atom. The number of alkyl halides is 3. The molecule has 11 heteroatoms. The van der Waals surface area contributed by atoms with Crippen molar-refractivity contribution in [3.8, 4) is 0 Å². The first-order chi connectivity index (χ1) is 18.8. The van der Waals surface area contributed by atoms with E-state index in [1.165, 1.54) is 11.0 Å². The van der Waals surface area contributed by atoms with Crippen molar-refractivity contribution in [2.45, 2.75) is 39.0 Å². The van der Waals surface area contributed by atoms with Crippen molar-refractivity contribution in [1.29, 1.82) is 0 Å². The van der Waals surface area contributed by atoms with Gasteiger partial charge in [-0.3, -0.25) is 13.9 Å². The van der Waals surface area contributed by atoms with Crippen LogP contribution in [0.1, 0.15) is 29.2 Å². The van der Waals surface area contributed by atoms with Crippen LogP contribution in [0.25, 0.3) is 0 Å². The molecular formula is C29H32F3N3O4S. The van der Waals surface area contributed by atoms with Crippen molar-refractivity contribution in [2.24, 2.45) is 0 Å². The van der Waals surface area contributed by atoms with Gasteiger partial charge in [-0.25, -0.2) is 8.42 Å². The first-order valence-corrected chi connectivity index (χ1v) is 14.5. The van der Waals surface area contributed by atoms with E-state index in [0.717, 1.165) is 35.1 Å². The third-order valence-corrected chi connectivity index (χ3v) is 7.51. The number of benzene rings is 3. The lowest BCUT2D eigenvalue weighted by atomic mass is 10.0. The minimum Gasteiger partial charge on any atom is -0.355 e. The molecule has 0 radical (unpaired) electrons. The molecule has 7 nitrogen and oxygen atoms in total. The molecule has 2 amide bonds. The number of carbonyl (C=O) groups excluding carboxylic acids is 2.